The molecular formula is C11H12N6O2S. The summed E-state index contributed by atoms with van der Waals surface area (Å²) in [7, 11) is 1.87. The second-order valence-electron chi connectivity index (χ2n) is 3.94. The van der Waals surface area contributed by atoms with E-state index in [-0.39, 0.29) is 0 Å². The quantitative estimate of drug-likeness (QED) is 0.699. The molecule has 8 nitrogen and oxygen atoms in total. The van der Waals surface area contributed by atoms with Crippen LogP contribution in [0.5, 0.6) is 0 Å². The lowest BCUT2D eigenvalue weighted by Gasteiger charge is -1.99. The number of nitrogens with two attached hydrogens (primary N) is 1. The molecule has 0 spiro atoms. The Morgan fingerprint density at radius 3 is 3.00 bits per heavy atom. The molecule has 0 aliphatic rings. The molecule has 20 heavy (non-hydrogen) atoms. The predicted octanol–water partition coefficient (Wildman–Crippen LogP) is 1.21. The summed E-state index contributed by atoms with van der Waals surface area (Å²) in [4.78, 5) is 4.25. The normalized spacial score (nSPS) is 11.1. The minimum atomic E-state index is 0.354. The summed E-state index contributed by atoms with van der Waals surface area (Å²) in [5.74, 6) is 2.75. The number of hydrogen-bond donors (Lipinski definition) is 1. The van der Waals surface area contributed by atoms with Gasteiger partial charge in [-0.05, 0) is 12.1 Å². The highest BCUT2D eigenvalue weighted by Crippen LogP contribution is 2.22. The van der Waals surface area contributed by atoms with E-state index in [9.17, 15) is 0 Å². The van der Waals surface area contributed by atoms with Crippen LogP contribution in [0.4, 0.5) is 0 Å². The van der Waals surface area contributed by atoms with Gasteiger partial charge in [-0.25, -0.2) is 0 Å². The van der Waals surface area contributed by atoms with Gasteiger partial charge in [0, 0.05) is 7.05 Å². The van der Waals surface area contributed by atoms with E-state index in [1.165, 1.54) is 11.8 Å². The van der Waals surface area contributed by atoms with E-state index in [4.69, 9.17) is 14.7 Å². The van der Waals surface area contributed by atoms with Crippen molar-refractivity contribution in [2.45, 2.75) is 17.5 Å². The van der Waals surface area contributed by atoms with Crippen LogP contribution in [0.2, 0.25) is 0 Å². The van der Waals surface area contributed by atoms with Crippen molar-refractivity contribution in [1.82, 2.24) is 24.9 Å². The molecule has 0 amide bonds. The van der Waals surface area contributed by atoms with Crippen LogP contribution in [0, 0.1) is 0 Å². The van der Waals surface area contributed by atoms with Crippen LogP contribution in [0.1, 0.15) is 11.7 Å². The van der Waals surface area contributed by atoms with Crippen molar-refractivity contribution >= 4 is 11.8 Å². The van der Waals surface area contributed by atoms with Crippen molar-refractivity contribution in [3.8, 4) is 11.6 Å². The second kappa shape index (κ2) is 5.47. The zero-order valence-electron chi connectivity index (χ0n) is 10.7. The first kappa shape index (κ1) is 12.9. The van der Waals surface area contributed by atoms with Crippen molar-refractivity contribution in [3.05, 3.63) is 30.1 Å². The van der Waals surface area contributed by atoms with Gasteiger partial charge in [0.1, 0.15) is 5.82 Å². The molecule has 104 valence electrons. The first-order valence-corrected chi connectivity index (χ1v) is 6.84. The van der Waals surface area contributed by atoms with E-state index < -0.39 is 0 Å². The van der Waals surface area contributed by atoms with Gasteiger partial charge in [-0.3, -0.25) is 0 Å². The Balaban J connectivity index is 1.68. The largest absolute Gasteiger partial charge is 0.461 e. The highest BCUT2D eigenvalue weighted by Gasteiger charge is 2.13. The molecule has 9 heteroatoms. The number of nitrogens with zero attached hydrogens (tertiary/aromatic N) is 5. The van der Waals surface area contributed by atoms with Crippen LogP contribution in [0.25, 0.3) is 11.6 Å². The van der Waals surface area contributed by atoms with Crippen LogP contribution in [-0.4, -0.2) is 24.9 Å². The molecule has 3 aromatic heterocycles. The van der Waals surface area contributed by atoms with Crippen molar-refractivity contribution in [3.63, 3.8) is 0 Å². The standard InChI is InChI=1S/C11H12N6O2S/c1-17-8(5-12)14-15-11(17)20-6-9-13-10(16-19-9)7-3-2-4-18-7/h2-4H,5-6,12H2,1H3. The maximum atomic E-state index is 5.54. The maximum Gasteiger partial charge on any atom is 0.238 e. The minimum Gasteiger partial charge on any atom is -0.461 e. The predicted molar refractivity (Wildman–Crippen MR) is 70.5 cm³/mol. The van der Waals surface area contributed by atoms with Gasteiger partial charge >= 0.3 is 0 Å². The van der Waals surface area contributed by atoms with E-state index in [0.29, 0.717) is 29.8 Å². The summed E-state index contributed by atoms with van der Waals surface area (Å²) in [6, 6.07) is 3.55. The fourth-order valence-electron chi connectivity index (χ4n) is 1.59. The van der Waals surface area contributed by atoms with E-state index in [2.05, 4.69) is 20.3 Å². The molecular weight excluding hydrogens is 280 g/mol. The van der Waals surface area contributed by atoms with Gasteiger partial charge in [0.25, 0.3) is 0 Å². The summed E-state index contributed by atoms with van der Waals surface area (Å²) in [6.45, 7) is 0.354. The highest BCUT2D eigenvalue weighted by atomic mass is 32.2. The first-order chi connectivity index (χ1) is 9.78. The number of hydrogen-bond acceptors (Lipinski definition) is 8. The lowest BCUT2D eigenvalue weighted by atomic mass is 10.4. The van der Waals surface area contributed by atoms with E-state index >= 15 is 0 Å². The molecule has 0 aliphatic heterocycles. The Hall–Kier alpha value is -2.13. The highest BCUT2D eigenvalue weighted by molar-refractivity contribution is 7.98. The third-order valence-electron chi connectivity index (χ3n) is 2.64. The van der Waals surface area contributed by atoms with Crippen molar-refractivity contribution in [2.24, 2.45) is 12.8 Å². The van der Waals surface area contributed by atoms with Crippen molar-refractivity contribution in [2.75, 3.05) is 0 Å². The van der Waals surface area contributed by atoms with Gasteiger partial charge in [0.15, 0.2) is 10.9 Å². The SMILES string of the molecule is Cn1c(CN)nnc1SCc1nc(-c2ccco2)no1. The summed E-state index contributed by atoms with van der Waals surface area (Å²) < 4.78 is 12.2. The van der Waals surface area contributed by atoms with Crippen LogP contribution in [0.15, 0.2) is 32.5 Å². The summed E-state index contributed by atoms with van der Waals surface area (Å²) in [5, 5.41) is 12.6. The zero-order chi connectivity index (χ0) is 13.9. The number of aromatic nitrogens is 5. The Morgan fingerprint density at radius 1 is 1.40 bits per heavy atom. The number of furan rings is 1. The Bertz CT molecular complexity index is 690. The molecule has 0 fully saturated rings. The average molecular weight is 292 g/mol. The minimum absolute atomic E-state index is 0.354. The lowest BCUT2D eigenvalue weighted by molar-refractivity contribution is 0.390. The first-order valence-electron chi connectivity index (χ1n) is 5.85. The van der Waals surface area contributed by atoms with Gasteiger partial charge in [-0.1, -0.05) is 16.9 Å². The molecule has 3 rings (SSSR count). The van der Waals surface area contributed by atoms with E-state index in [0.717, 1.165) is 11.0 Å². The third-order valence-corrected chi connectivity index (χ3v) is 3.65. The summed E-state index contributed by atoms with van der Waals surface area (Å²) in [5.41, 5.74) is 5.54. The Morgan fingerprint density at radius 2 is 2.30 bits per heavy atom. The van der Waals surface area contributed by atoms with Gasteiger partial charge in [-0.15, -0.1) is 10.2 Å². The Kier molecular flexibility index (Phi) is 3.52. The molecule has 0 saturated heterocycles. The number of rotatable bonds is 5. The van der Waals surface area contributed by atoms with E-state index in [1.54, 1.807) is 18.4 Å². The Labute approximate surface area is 118 Å². The monoisotopic (exact) mass is 292 g/mol. The zero-order valence-corrected chi connectivity index (χ0v) is 11.5. The fourth-order valence-corrected chi connectivity index (χ4v) is 2.36. The topological polar surface area (TPSA) is 109 Å². The molecule has 3 heterocycles. The van der Waals surface area contributed by atoms with Crippen LogP contribution < -0.4 is 5.73 Å². The fraction of sp³-hybridized carbons (Fsp3) is 0.273. The van der Waals surface area contributed by atoms with Gasteiger partial charge in [0.05, 0.1) is 18.6 Å². The summed E-state index contributed by atoms with van der Waals surface area (Å²) in [6.07, 6.45) is 1.56. The summed E-state index contributed by atoms with van der Waals surface area (Å²) >= 11 is 1.45. The molecule has 0 aliphatic carbocycles. The molecule has 2 N–H and O–H groups in total. The maximum absolute atomic E-state index is 5.54. The number of thioether (sulfide) groups is 1. The molecule has 0 radical (unpaired) electrons. The lowest BCUT2D eigenvalue weighted by Crippen LogP contribution is -2.05. The molecule has 0 aromatic carbocycles. The van der Waals surface area contributed by atoms with Gasteiger partial charge in [0.2, 0.25) is 11.7 Å². The van der Waals surface area contributed by atoms with Gasteiger partial charge in [-0.2, -0.15) is 4.98 Å². The van der Waals surface area contributed by atoms with Gasteiger partial charge < -0.3 is 19.2 Å². The van der Waals surface area contributed by atoms with Crippen LogP contribution in [0.3, 0.4) is 0 Å². The van der Waals surface area contributed by atoms with Crippen LogP contribution in [-0.2, 0) is 19.3 Å². The van der Waals surface area contributed by atoms with E-state index in [1.807, 2.05) is 11.6 Å². The van der Waals surface area contributed by atoms with Crippen molar-refractivity contribution in [1.29, 1.82) is 0 Å². The molecule has 0 bridgehead atoms. The molecule has 0 saturated carbocycles. The van der Waals surface area contributed by atoms with Crippen LogP contribution >= 0.6 is 11.8 Å². The third kappa shape index (κ3) is 2.45. The molecule has 3 aromatic rings. The van der Waals surface area contributed by atoms with Crippen molar-refractivity contribution < 1.29 is 8.94 Å². The molecule has 0 unspecified atom stereocenters. The average Bonchev–Trinajstić information content (AvgIpc) is 3.17. The second-order valence-corrected chi connectivity index (χ2v) is 4.88. The molecule has 0 atom stereocenters. The smallest absolute Gasteiger partial charge is 0.238 e.